The second-order valence-corrected chi connectivity index (χ2v) is 8.52. The fourth-order valence-electron chi connectivity index (χ4n) is 3.40. The number of hydroxylamine groups is 1. The molecular formula is C18H19ClIN7O5. The Morgan fingerprint density at radius 1 is 1.41 bits per heavy atom. The lowest BCUT2D eigenvalue weighted by atomic mass is 10.1. The standard InChI is InChI=1S/C18H19ClIN7O5/c19-17-24-14(22-5-8-2-1-3-9(20)4-8)11-15(25-17)27(7-23-11)16-12(29)13(10(6-28)31-16)32-26-18(21)30/h1-4,7,10,12-13,16,28-29H,5-6H2,(H3,21,26,30)(H,22,24,25)/t10-,12?,13?,16-/m1/s1. The Morgan fingerprint density at radius 3 is 2.94 bits per heavy atom. The van der Waals surface area contributed by atoms with Crippen LogP contribution < -0.4 is 16.5 Å². The summed E-state index contributed by atoms with van der Waals surface area (Å²) in [5.41, 5.74) is 8.71. The molecule has 12 nitrogen and oxygen atoms in total. The number of imidazole rings is 1. The number of urea groups is 1. The minimum atomic E-state index is -1.28. The number of fused-ring (bicyclic) bond motifs is 1. The van der Waals surface area contributed by atoms with Crippen molar-refractivity contribution in [3.63, 3.8) is 0 Å². The zero-order valence-electron chi connectivity index (χ0n) is 16.4. The predicted molar refractivity (Wildman–Crippen MR) is 121 cm³/mol. The first-order chi connectivity index (χ1) is 15.4. The summed E-state index contributed by atoms with van der Waals surface area (Å²) in [5.74, 6) is 0.409. The van der Waals surface area contributed by atoms with E-state index >= 15 is 0 Å². The van der Waals surface area contributed by atoms with Crippen LogP contribution in [-0.2, 0) is 16.1 Å². The quantitative estimate of drug-likeness (QED) is 0.156. The van der Waals surface area contributed by atoms with E-state index in [-0.39, 0.29) is 5.28 Å². The number of aromatic nitrogens is 4. The molecule has 4 atom stereocenters. The van der Waals surface area contributed by atoms with Crippen LogP contribution in [0.4, 0.5) is 10.6 Å². The number of hydrogen-bond donors (Lipinski definition) is 5. The Hall–Kier alpha value is -2.30. The van der Waals surface area contributed by atoms with Crippen molar-refractivity contribution < 1.29 is 24.6 Å². The molecule has 0 spiro atoms. The second kappa shape index (κ2) is 9.68. The highest BCUT2D eigenvalue weighted by molar-refractivity contribution is 14.1. The minimum absolute atomic E-state index is 0.0289. The molecule has 3 heterocycles. The molecule has 1 fully saturated rings. The highest BCUT2D eigenvalue weighted by atomic mass is 127. The average molecular weight is 576 g/mol. The average Bonchev–Trinajstić information content (AvgIpc) is 3.30. The Labute approximate surface area is 200 Å². The highest BCUT2D eigenvalue weighted by Gasteiger charge is 2.46. The van der Waals surface area contributed by atoms with Crippen LogP contribution in [0.1, 0.15) is 11.8 Å². The Balaban J connectivity index is 1.61. The number of aliphatic hydroxyl groups excluding tert-OH is 2. The number of nitrogens with two attached hydrogens (primary N) is 1. The first-order valence-corrected chi connectivity index (χ1v) is 10.9. The van der Waals surface area contributed by atoms with E-state index < -0.39 is 37.2 Å². The van der Waals surface area contributed by atoms with Crippen LogP contribution in [0.2, 0.25) is 5.28 Å². The molecule has 1 saturated heterocycles. The Kier molecular flexibility index (Phi) is 6.92. The van der Waals surface area contributed by atoms with E-state index in [0.29, 0.717) is 23.5 Å². The normalized spacial score (nSPS) is 22.9. The van der Waals surface area contributed by atoms with Crippen molar-refractivity contribution in [2.75, 3.05) is 11.9 Å². The van der Waals surface area contributed by atoms with Crippen molar-refractivity contribution in [1.82, 2.24) is 25.0 Å². The lowest BCUT2D eigenvalue weighted by Crippen LogP contribution is -2.43. The lowest BCUT2D eigenvalue weighted by Gasteiger charge is -2.19. The van der Waals surface area contributed by atoms with E-state index in [2.05, 4.69) is 42.9 Å². The molecule has 1 aromatic carbocycles. The van der Waals surface area contributed by atoms with Gasteiger partial charge in [-0.1, -0.05) is 12.1 Å². The highest BCUT2D eigenvalue weighted by Crippen LogP contribution is 2.34. The molecule has 3 aromatic rings. The smallest absolute Gasteiger partial charge is 0.336 e. The van der Waals surface area contributed by atoms with Gasteiger partial charge in [0.2, 0.25) is 5.28 Å². The SMILES string of the molecule is NC(=O)NOC1C(O)[C@H](n2cnc3c(NCc4cccc(I)c4)nc(Cl)nc32)O[C@@H]1CO. The number of halogens is 2. The van der Waals surface area contributed by atoms with Crippen molar-refractivity contribution in [2.45, 2.75) is 31.1 Å². The molecule has 1 aliphatic rings. The molecule has 32 heavy (non-hydrogen) atoms. The van der Waals surface area contributed by atoms with E-state index in [4.69, 9.17) is 26.9 Å². The number of hydrogen-bond acceptors (Lipinski definition) is 9. The lowest BCUT2D eigenvalue weighted by molar-refractivity contribution is -0.0839. The van der Waals surface area contributed by atoms with Gasteiger partial charge in [0.05, 0.1) is 12.9 Å². The number of benzene rings is 1. The molecule has 170 valence electrons. The number of carbonyl (C=O) groups excluding carboxylic acids is 1. The van der Waals surface area contributed by atoms with Crippen LogP contribution in [0.15, 0.2) is 30.6 Å². The van der Waals surface area contributed by atoms with Gasteiger partial charge in [0.1, 0.15) is 18.3 Å². The van der Waals surface area contributed by atoms with Gasteiger partial charge in [0.25, 0.3) is 0 Å². The van der Waals surface area contributed by atoms with Crippen molar-refractivity contribution >= 4 is 57.2 Å². The third kappa shape index (κ3) is 4.72. The van der Waals surface area contributed by atoms with Crippen LogP contribution in [0.3, 0.4) is 0 Å². The number of nitrogens with one attached hydrogen (secondary N) is 2. The third-order valence-electron chi connectivity index (χ3n) is 4.80. The van der Waals surface area contributed by atoms with E-state index in [0.717, 1.165) is 9.13 Å². The number of primary amides is 1. The van der Waals surface area contributed by atoms with Gasteiger partial charge < -0.3 is 26.0 Å². The van der Waals surface area contributed by atoms with E-state index in [1.807, 2.05) is 29.7 Å². The number of nitrogens with zero attached hydrogens (tertiary/aromatic N) is 4. The van der Waals surface area contributed by atoms with Crippen molar-refractivity contribution in [1.29, 1.82) is 0 Å². The van der Waals surface area contributed by atoms with Gasteiger partial charge in [-0.2, -0.15) is 9.97 Å². The number of anilines is 1. The molecule has 0 radical (unpaired) electrons. The Morgan fingerprint density at radius 2 is 2.22 bits per heavy atom. The summed E-state index contributed by atoms with van der Waals surface area (Å²) < 4.78 is 8.28. The molecule has 0 aliphatic carbocycles. The van der Waals surface area contributed by atoms with Gasteiger partial charge in [-0.15, -0.1) is 0 Å². The van der Waals surface area contributed by atoms with Gasteiger partial charge in [0.15, 0.2) is 23.2 Å². The molecular weight excluding hydrogens is 557 g/mol. The third-order valence-corrected chi connectivity index (χ3v) is 5.64. The molecule has 0 saturated carbocycles. The summed E-state index contributed by atoms with van der Waals surface area (Å²) in [4.78, 5) is 28.9. The maximum Gasteiger partial charge on any atom is 0.336 e. The van der Waals surface area contributed by atoms with Crippen LogP contribution in [0, 0.1) is 3.57 Å². The van der Waals surface area contributed by atoms with Crippen molar-refractivity contribution in [3.8, 4) is 0 Å². The van der Waals surface area contributed by atoms with Crippen LogP contribution >= 0.6 is 34.2 Å². The van der Waals surface area contributed by atoms with Gasteiger partial charge in [-0.05, 0) is 51.9 Å². The summed E-state index contributed by atoms with van der Waals surface area (Å²) >= 11 is 8.37. The summed E-state index contributed by atoms with van der Waals surface area (Å²) in [5, 5.41) is 23.5. The largest absolute Gasteiger partial charge is 0.394 e. The fraction of sp³-hybridized carbons (Fsp3) is 0.333. The minimum Gasteiger partial charge on any atom is -0.394 e. The second-order valence-electron chi connectivity index (χ2n) is 6.94. The number of ether oxygens (including phenoxy) is 1. The zero-order valence-corrected chi connectivity index (χ0v) is 19.3. The first kappa shape index (κ1) is 22.9. The first-order valence-electron chi connectivity index (χ1n) is 9.41. The molecule has 2 aromatic heterocycles. The molecule has 14 heteroatoms. The molecule has 0 bridgehead atoms. The topological polar surface area (TPSA) is 170 Å². The Bertz CT molecular complexity index is 1130. The van der Waals surface area contributed by atoms with Gasteiger partial charge >= 0.3 is 6.03 Å². The zero-order chi connectivity index (χ0) is 22.8. The number of rotatable bonds is 7. The summed E-state index contributed by atoms with van der Waals surface area (Å²) in [6.45, 7) is 0.0136. The maximum atomic E-state index is 10.9. The monoisotopic (exact) mass is 575 g/mol. The van der Waals surface area contributed by atoms with Crippen molar-refractivity contribution in [2.24, 2.45) is 5.73 Å². The van der Waals surface area contributed by atoms with Crippen LogP contribution in [-0.4, -0.2) is 60.7 Å². The molecule has 4 rings (SSSR count). The molecule has 1 aliphatic heterocycles. The van der Waals surface area contributed by atoms with E-state index in [9.17, 15) is 15.0 Å². The van der Waals surface area contributed by atoms with Crippen LogP contribution in [0.5, 0.6) is 0 Å². The summed E-state index contributed by atoms with van der Waals surface area (Å²) in [6.07, 6.45) is -2.90. The van der Waals surface area contributed by atoms with Gasteiger partial charge in [-0.25, -0.2) is 15.3 Å². The summed E-state index contributed by atoms with van der Waals surface area (Å²) in [7, 11) is 0. The van der Waals surface area contributed by atoms with Gasteiger partial charge in [0, 0.05) is 10.1 Å². The van der Waals surface area contributed by atoms with Crippen molar-refractivity contribution in [3.05, 3.63) is 45.0 Å². The number of carbonyl (C=O) groups is 1. The maximum absolute atomic E-state index is 10.9. The fourth-order valence-corrected chi connectivity index (χ4v) is 4.17. The summed E-state index contributed by atoms with van der Waals surface area (Å²) in [6, 6.07) is 7.01. The predicted octanol–water partition coefficient (Wildman–Crippen LogP) is 0.916. The molecule has 2 unspecified atom stereocenters. The number of aliphatic hydroxyl groups is 2. The molecule has 6 N–H and O–H groups in total. The van der Waals surface area contributed by atoms with E-state index in [1.54, 1.807) is 0 Å². The van der Waals surface area contributed by atoms with Gasteiger partial charge in [-0.3, -0.25) is 9.40 Å². The number of amides is 2. The van der Waals surface area contributed by atoms with E-state index in [1.165, 1.54) is 10.9 Å². The van der Waals surface area contributed by atoms with Crippen LogP contribution in [0.25, 0.3) is 11.2 Å². The molecule has 2 amide bonds.